The van der Waals surface area contributed by atoms with E-state index in [0.29, 0.717) is 29.2 Å². The quantitative estimate of drug-likeness (QED) is 0.663. The van der Waals surface area contributed by atoms with Crippen LogP contribution in [-0.4, -0.2) is 40.1 Å². The van der Waals surface area contributed by atoms with Crippen LogP contribution in [0.5, 0.6) is 0 Å². The number of thiophene rings is 1. The summed E-state index contributed by atoms with van der Waals surface area (Å²) in [5.74, 6) is -0.271. The zero-order valence-corrected chi connectivity index (χ0v) is 18.4. The molecule has 1 saturated heterocycles. The first-order valence-corrected chi connectivity index (χ1v) is 12.2. The van der Waals surface area contributed by atoms with Crippen LogP contribution in [0, 0.1) is 5.82 Å². The number of hydrogen-bond acceptors (Lipinski definition) is 5. The third-order valence-electron chi connectivity index (χ3n) is 7.23. The lowest BCUT2D eigenvalue weighted by Crippen LogP contribution is -2.43. The SMILES string of the molecule is O=c1ccc2ncc(F)c3c2n1CC3CN1CCC(NCc2cc3c(s2)CCC3)CC1. The molecule has 7 heteroatoms. The van der Waals surface area contributed by atoms with Crippen molar-refractivity contribution in [2.24, 2.45) is 0 Å². The van der Waals surface area contributed by atoms with Crippen molar-refractivity contribution >= 4 is 22.4 Å². The average molecular weight is 439 g/mol. The van der Waals surface area contributed by atoms with E-state index in [1.165, 1.54) is 30.3 Å². The first-order valence-electron chi connectivity index (χ1n) is 11.4. The number of likely N-dealkylation sites (tertiary alicyclic amines) is 1. The fraction of sp³-hybridized carbons (Fsp3) is 0.500. The Balaban J connectivity index is 1.07. The Morgan fingerprint density at radius 1 is 1.23 bits per heavy atom. The van der Waals surface area contributed by atoms with Crippen LogP contribution in [0.2, 0.25) is 0 Å². The second-order valence-electron chi connectivity index (χ2n) is 9.20. The number of hydrogen-bond donors (Lipinski definition) is 1. The van der Waals surface area contributed by atoms with Crippen LogP contribution >= 0.6 is 11.3 Å². The van der Waals surface area contributed by atoms with Crippen LogP contribution in [0.15, 0.2) is 29.2 Å². The van der Waals surface area contributed by atoms with Crippen LogP contribution in [0.3, 0.4) is 0 Å². The number of pyridine rings is 2. The lowest BCUT2D eigenvalue weighted by Gasteiger charge is -2.34. The van der Waals surface area contributed by atoms with Crippen molar-refractivity contribution in [2.45, 2.75) is 57.2 Å². The highest BCUT2D eigenvalue weighted by Gasteiger charge is 2.31. The lowest BCUT2D eigenvalue weighted by molar-refractivity contribution is 0.184. The highest BCUT2D eigenvalue weighted by Crippen LogP contribution is 2.35. The zero-order chi connectivity index (χ0) is 20.9. The van der Waals surface area contributed by atoms with Crippen molar-refractivity contribution in [3.05, 3.63) is 61.4 Å². The van der Waals surface area contributed by atoms with Crippen LogP contribution in [0.25, 0.3) is 11.0 Å². The Labute approximate surface area is 184 Å². The smallest absolute Gasteiger partial charge is 0.251 e. The maximum atomic E-state index is 14.7. The number of halogens is 1. The summed E-state index contributed by atoms with van der Waals surface area (Å²) in [5, 5.41) is 3.76. The van der Waals surface area contributed by atoms with Crippen LogP contribution in [-0.2, 0) is 25.9 Å². The van der Waals surface area contributed by atoms with Gasteiger partial charge in [-0.2, -0.15) is 0 Å². The van der Waals surface area contributed by atoms with E-state index in [0.717, 1.165) is 39.0 Å². The molecule has 3 aromatic rings. The maximum absolute atomic E-state index is 14.7. The van der Waals surface area contributed by atoms with E-state index in [9.17, 15) is 9.18 Å². The molecule has 0 radical (unpaired) electrons. The van der Waals surface area contributed by atoms with Gasteiger partial charge in [-0.15, -0.1) is 11.3 Å². The van der Waals surface area contributed by atoms with E-state index in [-0.39, 0.29) is 17.3 Å². The van der Waals surface area contributed by atoms with Gasteiger partial charge < -0.3 is 14.8 Å². The number of piperidine rings is 1. The van der Waals surface area contributed by atoms with Gasteiger partial charge in [0.25, 0.3) is 5.56 Å². The lowest BCUT2D eigenvalue weighted by atomic mass is 9.98. The standard InChI is InChI=1S/C24H27FN4OS/c25-19-12-27-20-4-5-22(30)29-14-16(23(19)24(20)29)13-28-8-6-17(7-9-28)26-11-18-10-15-2-1-3-21(15)31-18/h4-5,10,12,16-17,26H,1-3,6-9,11,13-14H2. The molecule has 1 atom stereocenters. The summed E-state index contributed by atoms with van der Waals surface area (Å²) in [6.45, 7) is 4.34. The molecule has 3 aromatic heterocycles. The van der Waals surface area contributed by atoms with Crippen LogP contribution in [0.4, 0.5) is 4.39 Å². The van der Waals surface area contributed by atoms with Crippen molar-refractivity contribution < 1.29 is 4.39 Å². The maximum Gasteiger partial charge on any atom is 0.251 e. The molecule has 162 valence electrons. The Morgan fingerprint density at radius 3 is 2.94 bits per heavy atom. The molecule has 5 heterocycles. The van der Waals surface area contributed by atoms with Crippen molar-refractivity contribution in [1.82, 2.24) is 19.8 Å². The number of aromatic nitrogens is 2. The molecule has 31 heavy (non-hydrogen) atoms. The summed E-state index contributed by atoms with van der Waals surface area (Å²) >= 11 is 1.99. The largest absolute Gasteiger partial charge is 0.309 e. The molecule has 1 unspecified atom stereocenters. The predicted molar refractivity (Wildman–Crippen MR) is 121 cm³/mol. The molecule has 5 nitrogen and oxygen atoms in total. The Morgan fingerprint density at radius 2 is 2.10 bits per heavy atom. The van der Waals surface area contributed by atoms with Gasteiger partial charge in [-0.25, -0.2) is 4.39 Å². The van der Waals surface area contributed by atoms with Gasteiger partial charge >= 0.3 is 0 Å². The average Bonchev–Trinajstić information content (AvgIpc) is 3.46. The van der Waals surface area contributed by atoms with Gasteiger partial charge in [-0.05, 0) is 62.9 Å². The van der Waals surface area contributed by atoms with Gasteiger partial charge in [0.05, 0.1) is 17.2 Å². The second kappa shape index (κ2) is 7.80. The van der Waals surface area contributed by atoms with E-state index in [2.05, 4.69) is 21.3 Å². The van der Waals surface area contributed by atoms with E-state index < -0.39 is 0 Å². The van der Waals surface area contributed by atoms with E-state index in [4.69, 9.17) is 0 Å². The molecular weight excluding hydrogens is 411 g/mol. The molecule has 0 bridgehead atoms. The molecule has 0 spiro atoms. The summed E-state index contributed by atoms with van der Waals surface area (Å²) in [7, 11) is 0. The third-order valence-corrected chi connectivity index (χ3v) is 8.47. The number of nitrogens with zero attached hydrogens (tertiary/aromatic N) is 3. The zero-order valence-electron chi connectivity index (χ0n) is 17.6. The van der Waals surface area contributed by atoms with Gasteiger partial charge in [0.2, 0.25) is 0 Å². The summed E-state index contributed by atoms with van der Waals surface area (Å²) in [6, 6.07) is 6.19. The minimum atomic E-state index is -0.284. The Hall–Kier alpha value is -2.09. The highest BCUT2D eigenvalue weighted by atomic mass is 32.1. The molecule has 2 aliphatic heterocycles. The van der Waals surface area contributed by atoms with Crippen molar-refractivity contribution in [1.29, 1.82) is 0 Å². The van der Waals surface area contributed by atoms with Crippen molar-refractivity contribution in [2.75, 3.05) is 19.6 Å². The number of aryl methyl sites for hydroxylation is 2. The van der Waals surface area contributed by atoms with Crippen molar-refractivity contribution in [3.63, 3.8) is 0 Å². The molecular formula is C24H27FN4OS. The number of rotatable bonds is 5. The van der Waals surface area contributed by atoms with Gasteiger partial charge in [0, 0.05) is 53.0 Å². The monoisotopic (exact) mass is 438 g/mol. The second-order valence-corrected chi connectivity index (χ2v) is 10.4. The molecule has 1 fully saturated rings. The number of nitrogens with one attached hydrogen (secondary N) is 1. The summed E-state index contributed by atoms with van der Waals surface area (Å²) < 4.78 is 16.4. The Bertz CT molecular complexity index is 1170. The normalized spacial score (nSPS) is 21.3. The minimum absolute atomic E-state index is 0.0126. The molecule has 3 aliphatic rings. The summed E-state index contributed by atoms with van der Waals surface area (Å²) in [5.41, 5.74) is 3.59. The fourth-order valence-electron chi connectivity index (χ4n) is 5.65. The first kappa shape index (κ1) is 19.6. The summed E-state index contributed by atoms with van der Waals surface area (Å²) in [4.78, 5) is 22.0. The van der Waals surface area contributed by atoms with Crippen LogP contribution in [0.1, 0.15) is 46.1 Å². The van der Waals surface area contributed by atoms with Gasteiger partial charge in [-0.3, -0.25) is 9.78 Å². The van der Waals surface area contributed by atoms with Gasteiger partial charge in [0.15, 0.2) is 0 Å². The van der Waals surface area contributed by atoms with E-state index >= 15 is 0 Å². The molecule has 1 aliphatic carbocycles. The molecule has 0 saturated carbocycles. The van der Waals surface area contributed by atoms with Crippen LogP contribution < -0.4 is 10.9 Å². The number of fused-ring (bicyclic) bond motifs is 1. The van der Waals surface area contributed by atoms with Crippen molar-refractivity contribution in [3.8, 4) is 0 Å². The first-order chi connectivity index (χ1) is 15.2. The topological polar surface area (TPSA) is 50.2 Å². The third kappa shape index (κ3) is 3.52. The molecule has 0 aromatic carbocycles. The minimum Gasteiger partial charge on any atom is -0.309 e. The van der Waals surface area contributed by atoms with Gasteiger partial charge in [0.1, 0.15) is 5.82 Å². The molecule has 0 amide bonds. The Kier molecular flexibility index (Phi) is 4.93. The molecule has 6 rings (SSSR count). The fourth-order valence-corrected chi connectivity index (χ4v) is 6.86. The van der Waals surface area contributed by atoms with E-state index in [1.54, 1.807) is 27.1 Å². The van der Waals surface area contributed by atoms with Gasteiger partial charge in [-0.1, -0.05) is 0 Å². The molecule has 1 N–H and O–H groups in total. The summed E-state index contributed by atoms with van der Waals surface area (Å²) in [6.07, 6.45) is 7.37. The highest BCUT2D eigenvalue weighted by molar-refractivity contribution is 7.12. The predicted octanol–water partition coefficient (Wildman–Crippen LogP) is 3.44. The van der Waals surface area contributed by atoms with E-state index in [1.807, 2.05) is 11.3 Å².